The topological polar surface area (TPSA) is 0 Å². The Bertz CT molecular complexity index is 190. The lowest BCUT2D eigenvalue weighted by atomic mass is 9.98. The van der Waals surface area contributed by atoms with Crippen LogP contribution in [0.1, 0.15) is 34.1 Å². The molecule has 0 aliphatic heterocycles. The van der Waals surface area contributed by atoms with Crippen LogP contribution in [0.5, 0.6) is 0 Å². The van der Waals surface area contributed by atoms with E-state index in [0.717, 1.165) is 6.42 Å². The largest absolute Gasteiger partial charge is 0.102 e. The van der Waals surface area contributed by atoms with E-state index in [2.05, 4.69) is 46.4 Å². The van der Waals surface area contributed by atoms with Crippen LogP contribution in [0.4, 0.5) is 0 Å². The predicted molar refractivity (Wildman–Crippen MR) is 57.2 cm³/mol. The molecule has 0 fully saturated rings. The minimum Gasteiger partial charge on any atom is -0.102 e. The van der Waals surface area contributed by atoms with Gasteiger partial charge in [-0.15, -0.1) is 6.58 Å². The molecule has 68 valence electrons. The van der Waals surface area contributed by atoms with E-state index in [1.807, 2.05) is 6.08 Å². The van der Waals surface area contributed by atoms with Gasteiger partial charge in [0.15, 0.2) is 0 Å². The fourth-order valence-corrected chi connectivity index (χ4v) is 1.13. The summed E-state index contributed by atoms with van der Waals surface area (Å²) in [5.74, 6) is 0.506. The van der Waals surface area contributed by atoms with Crippen LogP contribution in [0.2, 0.25) is 0 Å². The molecule has 0 nitrogen and oxygen atoms in total. The molecule has 1 unspecified atom stereocenters. The maximum Gasteiger partial charge on any atom is -0.00166 e. The van der Waals surface area contributed by atoms with Crippen molar-refractivity contribution in [2.75, 3.05) is 0 Å². The van der Waals surface area contributed by atoms with Crippen molar-refractivity contribution < 1.29 is 0 Å². The number of rotatable bonds is 4. The van der Waals surface area contributed by atoms with Gasteiger partial charge in [-0.2, -0.15) is 0 Å². The van der Waals surface area contributed by atoms with Gasteiger partial charge >= 0.3 is 0 Å². The molecule has 0 spiro atoms. The molecule has 0 aliphatic rings. The van der Waals surface area contributed by atoms with E-state index in [1.54, 1.807) is 0 Å². The zero-order valence-corrected chi connectivity index (χ0v) is 8.72. The summed E-state index contributed by atoms with van der Waals surface area (Å²) >= 11 is 0. The van der Waals surface area contributed by atoms with Crippen LogP contribution < -0.4 is 0 Å². The van der Waals surface area contributed by atoms with Crippen molar-refractivity contribution in [2.24, 2.45) is 5.92 Å². The van der Waals surface area contributed by atoms with Crippen LogP contribution in [0.15, 0.2) is 36.0 Å². The van der Waals surface area contributed by atoms with E-state index in [-0.39, 0.29) is 0 Å². The molecule has 0 bridgehead atoms. The number of hydrogen-bond donors (Lipinski definition) is 0. The van der Waals surface area contributed by atoms with Crippen LogP contribution >= 0.6 is 0 Å². The van der Waals surface area contributed by atoms with E-state index >= 15 is 0 Å². The molecule has 0 saturated heterocycles. The van der Waals surface area contributed by atoms with Gasteiger partial charge in [-0.25, -0.2) is 0 Å². The average Bonchev–Trinajstić information content (AvgIpc) is 2.02. The van der Waals surface area contributed by atoms with Crippen LogP contribution in [0.3, 0.4) is 0 Å². The van der Waals surface area contributed by atoms with Crippen molar-refractivity contribution in [3.8, 4) is 0 Å². The first-order chi connectivity index (χ1) is 5.60. The molecule has 0 saturated carbocycles. The highest BCUT2D eigenvalue weighted by atomic mass is 14.0. The molecular formula is C12H20. The quantitative estimate of drug-likeness (QED) is 0.548. The van der Waals surface area contributed by atoms with E-state index < -0.39 is 0 Å². The highest BCUT2D eigenvalue weighted by molar-refractivity contribution is 5.09. The van der Waals surface area contributed by atoms with Gasteiger partial charge in [0.25, 0.3) is 0 Å². The smallest absolute Gasteiger partial charge is 0.00166 e. The summed E-state index contributed by atoms with van der Waals surface area (Å²) in [6.07, 6.45) is 7.54. The minimum atomic E-state index is 0.506. The van der Waals surface area contributed by atoms with Crippen molar-refractivity contribution in [2.45, 2.75) is 34.1 Å². The number of allylic oxidation sites excluding steroid dienone is 5. The van der Waals surface area contributed by atoms with Crippen LogP contribution in [-0.2, 0) is 0 Å². The summed E-state index contributed by atoms with van der Waals surface area (Å²) in [7, 11) is 0. The van der Waals surface area contributed by atoms with Gasteiger partial charge in [0.2, 0.25) is 0 Å². The summed E-state index contributed by atoms with van der Waals surface area (Å²) in [5.41, 5.74) is 2.79. The van der Waals surface area contributed by atoms with Crippen molar-refractivity contribution >= 4 is 0 Å². The SMILES string of the molecule is C=CC(C=C(C)C)C/C(C)=C/C. The van der Waals surface area contributed by atoms with Crippen molar-refractivity contribution in [1.82, 2.24) is 0 Å². The monoisotopic (exact) mass is 164 g/mol. The minimum absolute atomic E-state index is 0.506. The maximum atomic E-state index is 3.83. The number of hydrogen-bond acceptors (Lipinski definition) is 0. The van der Waals surface area contributed by atoms with E-state index in [4.69, 9.17) is 0 Å². The van der Waals surface area contributed by atoms with Crippen molar-refractivity contribution in [3.63, 3.8) is 0 Å². The molecule has 0 radical (unpaired) electrons. The highest BCUT2D eigenvalue weighted by Gasteiger charge is 1.99. The Hall–Kier alpha value is -0.780. The molecule has 0 amide bonds. The summed E-state index contributed by atoms with van der Waals surface area (Å²) < 4.78 is 0. The van der Waals surface area contributed by atoms with Crippen LogP contribution in [0, 0.1) is 5.92 Å². The second-order valence-corrected chi connectivity index (χ2v) is 3.48. The molecule has 0 aromatic heterocycles. The molecular weight excluding hydrogens is 144 g/mol. The molecule has 0 heteroatoms. The molecule has 0 aromatic carbocycles. The Kier molecular flexibility index (Phi) is 5.44. The third-order valence-electron chi connectivity index (χ3n) is 1.90. The van der Waals surface area contributed by atoms with Gasteiger partial charge in [0.1, 0.15) is 0 Å². The molecule has 12 heavy (non-hydrogen) atoms. The third-order valence-corrected chi connectivity index (χ3v) is 1.90. The second-order valence-electron chi connectivity index (χ2n) is 3.48. The Morgan fingerprint density at radius 1 is 1.33 bits per heavy atom. The van der Waals surface area contributed by atoms with E-state index in [0.29, 0.717) is 5.92 Å². The van der Waals surface area contributed by atoms with Crippen molar-refractivity contribution in [1.29, 1.82) is 0 Å². The Labute approximate surface area is 76.7 Å². The second kappa shape index (κ2) is 5.82. The van der Waals surface area contributed by atoms with Gasteiger partial charge in [-0.05, 0) is 40.0 Å². The zero-order valence-electron chi connectivity index (χ0n) is 8.72. The molecule has 0 rings (SSSR count). The zero-order chi connectivity index (χ0) is 9.56. The van der Waals surface area contributed by atoms with Crippen molar-refractivity contribution in [3.05, 3.63) is 36.0 Å². The summed E-state index contributed by atoms with van der Waals surface area (Å²) in [6.45, 7) is 12.3. The van der Waals surface area contributed by atoms with Gasteiger partial charge in [-0.3, -0.25) is 0 Å². The molecule has 0 heterocycles. The average molecular weight is 164 g/mol. The van der Waals surface area contributed by atoms with Gasteiger partial charge < -0.3 is 0 Å². The molecule has 0 aliphatic carbocycles. The summed E-state index contributed by atoms with van der Waals surface area (Å²) in [6, 6.07) is 0. The summed E-state index contributed by atoms with van der Waals surface area (Å²) in [4.78, 5) is 0. The predicted octanol–water partition coefficient (Wildman–Crippen LogP) is 4.11. The van der Waals surface area contributed by atoms with Crippen LogP contribution in [-0.4, -0.2) is 0 Å². The molecule has 1 atom stereocenters. The first kappa shape index (κ1) is 11.2. The highest BCUT2D eigenvalue weighted by Crippen LogP contribution is 2.15. The first-order valence-corrected chi connectivity index (χ1v) is 4.49. The Morgan fingerprint density at radius 2 is 1.92 bits per heavy atom. The standard InChI is InChI=1S/C12H20/c1-6-11(5)9-12(7-2)8-10(3)4/h6-8,12H,2,9H2,1,3-5H3/b11-6+. The van der Waals surface area contributed by atoms with E-state index in [1.165, 1.54) is 11.1 Å². The third kappa shape index (κ3) is 4.95. The maximum absolute atomic E-state index is 3.83. The van der Waals surface area contributed by atoms with Gasteiger partial charge in [-0.1, -0.05) is 29.4 Å². The Morgan fingerprint density at radius 3 is 2.25 bits per heavy atom. The lowest BCUT2D eigenvalue weighted by molar-refractivity contribution is 0.787. The van der Waals surface area contributed by atoms with Gasteiger partial charge in [0.05, 0.1) is 0 Å². The fraction of sp³-hybridized carbons (Fsp3) is 0.500. The summed E-state index contributed by atoms with van der Waals surface area (Å²) in [5, 5.41) is 0. The molecule has 0 aromatic rings. The first-order valence-electron chi connectivity index (χ1n) is 4.49. The fourth-order valence-electron chi connectivity index (χ4n) is 1.13. The lowest BCUT2D eigenvalue weighted by Gasteiger charge is -2.07. The normalized spacial score (nSPS) is 13.8. The van der Waals surface area contributed by atoms with Crippen LogP contribution in [0.25, 0.3) is 0 Å². The van der Waals surface area contributed by atoms with E-state index in [9.17, 15) is 0 Å². The lowest BCUT2D eigenvalue weighted by Crippen LogP contribution is -1.93. The Balaban J connectivity index is 4.19. The molecule has 0 N–H and O–H groups in total. The van der Waals surface area contributed by atoms with Gasteiger partial charge in [0, 0.05) is 0 Å².